The van der Waals surface area contributed by atoms with Crippen LogP contribution < -0.4 is 15.4 Å². The Kier molecular flexibility index (Phi) is 4.42. The Labute approximate surface area is 122 Å². The summed E-state index contributed by atoms with van der Waals surface area (Å²) in [6.07, 6.45) is 0. The van der Waals surface area contributed by atoms with Crippen molar-refractivity contribution in [2.75, 3.05) is 24.3 Å². The van der Waals surface area contributed by atoms with Gasteiger partial charge in [-0.25, -0.2) is 4.39 Å². The van der Waals surface area contributed by atoms with E-state index in [1.807, 2.05) is 6.92 Å². The molecule has 0 radical (unpaired) electrons. The van der Waals surface area contributed by atoms with Crippen LogP contribution in [0.4, 0.5) is 15.8 Å². The first-order valence-electron chi connectivity index (χ1n) is 6.48. The van der Waals surface area contributed by atoms with Gasteiger partial charge >= 0.3 is 0 Å². The standard InChI is InChI=1S/C16H17FN2O2/c1-11-3-8-14(17)15(9-11)21-10-16(20)19(2)13-6-4-12(18)5-7-13/h3-9H,10,18H2,1-2H3. The lowest BCUT2D eigenvalue weighted by Gasteiger charge is -2.18. The van der Waals surface area contributed by atoms with Crippen molar-refractivity contribution >= 4 is 17.3 Å². The summed E-state index contributed by atoms with van der Waals surface area (Å²) in [4.78, 5) is 13.5. The smallest absolute Gasteiger partial charge is 0.264 e. The fourth-order valence-corrected chi connectivity index (χ4v) is 1.80. The van der Waals surface area contributed by atoms with Crippen molar-refractivity contribution in [2.24, 2.45) is 0 Å². The molecule has 0 aliphatic heterocycles. The highest BCUT2D eigenvalue weighted by Gasteiger charge is 2.13. The van der Waals surface area contributed by atoms with E-state index in [-0.39, 0.29) is 18.3 Å². The van der Waals surface area contributed by atoms with E-state index in [0.29, 0.717) is 11.4 Å². The van der Waals surface area contributed by atoms with Crippen LogP contribution in [0.15, 0.2) is 42.5 Å². The van der Waals surface area contributed by atoms with Crippen molar-refractivity contribution in [3.63, 3.8) is 0 Å². The summed E-state index contributed by atoms with van der Waals surface area (Å²) in [5.74, 6) is -0.682. The van der Waals surface area contributed by atoms with Crippen LogP contribution in [-0.4, -0.2) is 19.6 Å². The van der Waals surface area contributed by atoms with Crippen LogP contribution >= 0.6 is 0 Å². The van der Waals surface area contributed by atoms with E-state index in [1.54, 1.807) is 43.4 Å². The van der Waals surface area contributed by atoms with E-state index in [2.05, 4.69) is 0 Å². The molecular formula is C16H17FN2O2. The minimum absolute atomic E-state index is 0.0778. The largest absolute Gasteiger partial charge is 0.481 e. The zero-order chi connectivity index (χ0) is 15.4. The van der Waals surface area contributed by atoms with Gasteiger partial charge < -0.3 is 15.4 Å². The molecule has 2 N–H and O–H groups in total. The summed E-state index contributed by atoms with van der Waals surface area (Å²) in [5, 5.41) is 0. The summed E-state index contributed by atoms with van der Waals surface area (Å²) >= 11 is 0. The Bertz CT molecular complexity index is 641. The zero-order valence-corrected chi connectivity index (χ0v) is 12.0. The number of nitrogen functional groups attached to an aromatic ring is 1. The van der Waals surface area contributed by atoms with E-state index in [9.17, 15) is 9.18 Å². The first-order valence-corrected chi connectivity index (χ1v) is 6.48. The van der Waals surface area contributed by atoms with Crippen molar-refractivity contribution in [3.05, 3.63) is 53.8 Å². The number of carbonyl (C=O) groups is 1. The predicted molar refractivity (Wildman–Crippen MR) is 80.9 cm³/mol. The van der Waals surface area contributed by atoms with Crippen LogP contribution in [0.3, 0.4) is 0 Å². The first-order chi connectivity index (χ1) is 9.97. The number of amides is 1. The number of carbonyl (C=O) groups excluding carboxylic acids is 1. The fraction of sp³-hybridized carbons (Fsp3) is 0.188. The molecule has 0 aromatic heterocycles. The number of likely N-dealkylation sites (N-methyl/N-ethyl adjacent to an activating group) is 1. The van der Waals surface area contributed by atoms with E-state index in [4.69, 9.17) is 10.5 Å². The molecule has 0 atom stereocenters. The van der Waals surface area contributed by atoms with Crippen molar-refractivity contribution in [1.82, 2.24) is 0 Å². The van der Waals surface area contributed by atoms with Crippen molar-refractivity contribution < 1.29 is 13.9 Å². The third-order valence-electron chi connectivity index (χ3n) is 3.09. The summed E-state index contributed by atoms with van der Waals surface area (Å²) in [6.45, 7) is 1.59. The normalized spacial score (nSPS) is 10.2. The molecule has 0 fully saturated rings. The molecule has 2 rings (SSSR count). The lowest BCUT2D eigenvalue weighted by molar-refractivity contribution is -0.120. The zero-order valence-electron chi connectivity index (χ0n) is 12.0. The molecule has 0 saturated heterocycles. The number of ether oxygens (including phenoxy) is 1. The molecule has 5 heteroatoms. The average molecular weight is 288 g/mol. The van der Waals surface area contributed by atoms with Gasteiger partial charge in [-0.05, 0) is 48.9 Å². The minimum atomic E-state index is -0.483. The van der Waals surface area contributed by atoms with Gasteiger partial charge in [0, 0.05) is 18.4 Å². The Morgan fingerprint density at radius 2 is 1.90 bits per heavy atom. The molecule has 0 unspecified atom stereocenters. The van der Waals surface area contributed by atoms with Gasteiger partial charge in [0.2, 0.25) is 0 Å². The van der Waals surface area contributed by atoms with Crippen LogP contribution in [0.5, 0.6) is 5.75 Å². The van der Waals surface area contributed by atoms with Crippen LogP contribution in [0.2, 0.25) is 0 Å². The highest BCUT2D eigenvalue weighted by Crippen LogP contribution is 2.19. The summed E-state index contributed by atoms with van der Waals surface area (Å²) < 4.78 is 18.8. The van der Waals surface area contributed by atoms with Gasteiger partial charge in [-0.1, -0.05) is 6.07 Å². The lowest BCUT2D eigenvalue weighted by Crippen LogP contribution is -2.31. The number of hydrogen-bond donors (Lipinski definition) is 1. The van der Waals surface area contributed by atoms with Crippen molar-refractivity contribution in [1.29, 1.82) is 0 Å². The predicted octanol–water partition coefficient (Wildman–Crippen LogP) is 2.76. The second-order valence-electron chi connectivity index (χ2n) is 4.77. The SMILES string of the molecule is Cc1ccc(F)c(OCC(=O)N(C)c2ccc(N)cc2)c1. The highest BCUT2D eigenvalue weighted by atomic mass is 19.1. The molecule has 110 valence electrons. The monoisotopic (exact) mass is 288 g/mol. The number of nitrogens with zero attached hydrogens (tertiary/aromatic N) is 1. The number of aryl methyl sites for hydroxylation is 1. The number of rotatable bonds is 4. The van der Waals surface area contributed by atoms with Crippen LogP contribution in [0.1, 0.15) is 5.56 Å². The minimum Gasteiger partial charge on any atom is -0.481 e. The van der Waals surface area contributed by atoms with E-state index < -0.39 is 5.82 Å². The number of nitrogens with two attached hydrogens (primary N) is 1. The maximum absolute atomic E-state index is 13.5. The molecule has 2 aromatic rings. The Hall–Kier alpha value is -2.56. The van der Waals surface area contributed by atoms with Gasteiger partial charge in [0.25, 0.3) is 5.91 Å². The van der Waals surface area contributed by atoms with E-state index >= 15 is 0 Å². The quantitative estimate of drug-likeness (QED) is 0.880. The summed E-state index contributed by atoms with van der Waals surface area (Å²) in [7, 11) is 1.63. The van der Waals surface area contributed by atoms with E-state index in [0.717, 1.165) is 5.56 Å². The molecule has 4 nitrogen and oxygen atoms in total. The number of anilines is 2. The number of halogens is 1. The van der Waals surface area contributed by atoms with Crippen LogP contribution in [0, 0.1) is 12.7 Å². The molecule has 0 aliphatic carbocycles. The molecule has 21 heavy (non-hydrogen) atoms. The molecular weight excluding hydrogens is 271 g/mol. The van der Waals surface area contributed by atoms with Gasteiger partial charge in [0.05, 0.1) is 0 Å². The third kappa shape index (κ3) is 3.72. The van der Waals surface area contributed by atoms with Gasteiger partial charge in [-0.15, -0.1) is 0 Å². The molecule has 0 aliphatic rings. The van der Waals surface area contributed by atoms with Crippen molar-refractivity contribution in [3.8, 4) is 5.75 Å². The Balaban J connectivity index is 2.01. The second-order valence-corrected chi connectivity index (χ2v) is 4.77. The first kappa shape index (κ1) is 14.8. The van der Waals surface area contributed by atoms with Gasteiger partial charge in [-0.2, -0.15) is 0 Å². The van der Waals surface area contributed by atoms with E-state index in [1.165, 1.54) is 11.0 Å². The number of benzene rings is 2. The second kappa shape index (κ2) is 6.26. The average Bonchev–Trinajstić information content (AvgIpc) is 2.48. The molecule has 0 spiro atoms. The Morgan fingerprint density at radius 3 is 2.57 bits per heavy atom. The van der Waals surface area contributed by atoms with Crippen LogP contribution in [-0.2, 0) is 4.79 Å². The summed E-state index contributed by atoms with van der Waals surface area (Å²) in [5.41, 5.74) is 7.78. The topological polar surface area (TPSA) is 55.6 Å². The molecule has 0 heterocycles. The van der Waals surface area contributed by atoms with Crippen LogP contribution in [0.25, 0.3) is 0 Å². The number of hydrogen-bond acceptors (Lipinski definition) is 3. The van der Waals surface area contributed by atoms with Gasteiger partial charge in [-0.3, -0.25) is 4.79 Å². The maximum atomic E-state index is 13.5. The Morgan fingerprint density at radius 1 is 1.24 bits per heavy atom. The van der Waals surface area contributed by atoms with Crippen molar-refractivity contribution in [2.45, 2.75) is 6.92 Å². The van der Waals surface area contributed by atoms with Gasteiger partial charge in [0.1, 0.15) is 0 Å². The summed E-state index contributed by atoms with van der Waals surface area (Å²) in [6, 6.07) is 11.4. The molecule has 2 aromatic carbocycles. The third-order valence-corrected chi connectivity index (χ3v) is 3.09. The molecule has 0 bridgehead atoms. The maximum Gasteiger partial charge on any atom is 0.264 e. The van der Waals surface area contributed by atoms with Gasteiger partial charge in [0.15, 0.2) is 18.2 Å². The molecule has 1 amide bonds. The highest BCUT2D eigenvalue weighted by molar-refractivity contribution is 5.94. The molecule has 0 saturated carbocycles. The lowest BCUT2D eigenvalue weighted by atomic mass is 10.2. The fourth-order valence-electron chi connectivity index (χ4n) is 1.80.